The molecule has 0 bridgehead atoms. The Labute approximate surface area is 209 Å². The van der Waals surface area contributed by atoms with E-state index in [9.17, 15) is 9.59 Å². The van der Waals surface area contributed by atoms with Crippen LogP contribution in [-0.4, -0.2) is 24.1 Å². The number of benzene rings is 2. The van der Waals surface area contributed by atoms with Crippen LogP contribution in [-0.2, 0) is 0 Å². The summed E-state index contributed by atoms with van der Waals surface area (Å²) >= 11 is 0. The molecule has 36 heavy (non-hydrogen) atoms. The SMILES string of the molecule is CCCOc1ccc(C2c3c(oc4ccc(C)cc4c3=O)C(=O)N2c2cc(C)ccn2)cc1OCC. The monoisotopic (exact) mass is 484 g/mol. The van der Waals surface area contributed by atoms with Gasteiger partial charge in [-0.2, -0.15) is 0 Å². The lowest BCUT2D eigenvalue weighted by molar-refractivity contribution is 0.0970. The van der Waals surface area contributed by atoms with Gasteiger partial charge in [0, 0.05) is 6.20 Å². The first-order valence-electron chi connectivity index (χ1n) is 12.2. The summed E-state index contributed by atoms with van der Waals surface area (Å²) in [6.07, 6.45) is 2.51. The maximum absolute atomic E-state index is 13.8. The van der Waals surface area contributed by atoms with Crippen molar-refractivity contribution in [3.63, 3.8) is 0 Å². The van der Waals surface area contributed by atoms with Crippen molar-refractivity contribution in [3.8, 4) is 11.5 Å². The number of aromatic nitrogens is 1. The number of hydrogen-bond donors (Lipinski definition) is 0. The lowest BCUT2D eigenvalue weighted by Crippen LogP contribution is -2.30. The molecule has 1 aliphatic heterocycles. The van der Waals surface area contributed by atoms with Crippen LogP contribution in [0.1, 0.15) is 59.1 Å². The van der Waals surface area contributed by atoms with Crippen LogP contribution >= 0.6 is 0 Å². The van der Waals surface area contributed by atoms with E-state index < -0.39 is 11.9 Å². The van der Waals surface area contributed by atoms with Gasteiger partial charge in [0.25, 0.3) is 5.91 Å². The first-order chi connectivity index (χ1) is 17.4. The van der Waals surface area contributed by atoms with Crippen LogP contribution in [0.25, 0.3) is 11.0 Å². The predicted octanol–water partition coefficient (Wildman–Crippen LogP) is 5.74. The quantitative estimate of drug-likeness (QED) is 0.333. The minimum atomic E-state index is -0.734. The first-order valence-corrected chi connectivity index (χ1v) is 12.2. The van der Waals surface area contributed by atoms with Gasteiger partial charge in [-0.1, -0.05) is 24.6 Å². The Balaban J connectivity index is 1.76. The minimum absolute atomic E-state index is 0.0360. The number of fused-ring (bicyclic) bond motifs is 2. The van der Waals surface area contributed by atoms with Gasteiger partial charge in [0.05, 0.1) is 30.2 Å². The van der Waals surface area contributed by atoms with Gasteiger partial charge < -0.3 is 13.9 Å². The topological polar surface area (TPSA) is 81.9 Å². The molecule has 1 unspecified atom stereocenters. The van der Waals surface area contributed by atoms with Crippen molar-refractivity contribution in [2.75, 3.05) is 18.1 Å². The summed E-state index contributed by atoms with van der Waals surface area (Å²) < 4.78 is 17.8. The Bertz CT molecular complexity index is 1520. The smallest absolute Gasteiger partial charge is 0.296 e. The molecule has 1 amide bonds. The summed E-state index contributed by atoms with van der Waals surface area (Å²) in [6, 6.07) is 13.9. The van der Waals surface area contributed by atoms with Crippen LogP contribution in [0.2, 0.25) is 0 Å². The first kappa shape index (κ1) is 23.6. The Morgan fingerprint density at radius 3 is 2.50 bits per heavy atom. The molecule has 184 valence electrons. The Kier molecular flexibility index (Phi) is 6.22. The van der Waals surface area contributed by atoms with E-state index in [0.29, 0.717) is 52.6 Å². The second kappa shape index (κ2) is 9.49. The number of pyridine rings is 1. The van der Waals surface area contributed by atoms with Gasteiger partial charge in [0.1, 0.15) is 11.4 Å². The van der Waals surface area contributed by atoms with E-state index >= 15 is 0 Å². The summed E-state index contributed by atoms with van der Waals surface area (Å²) in [4.78, 5) is 33.6. The third-order valence-electron chi connectivity index (χ3n) is 6.22. The Hall–Kier alpha value is -4.13. The summed E-state index contributed by atoms with van der Waals surface area (Å²) in [5.41, 5.74) is 3.04. The molecule has 7 heteroatoms. The zero-order chi connectivity index (χ0) is 25.4. The average Bonchev–Trinajstić information content (AvgIpc) is 3.16. The van der Waals surface area contributed by atoms with Crippen LogP contribution in [0, 0.1) is 13.8 Å². The Morgan fingerprint density at radius 1 is 0.944 bits per heavy atom. The summed E-state index contributed by atoms with van der Waals surface area (Å²) in [5, 5.41) is 0.443. The molecule has 7 nitrogen and oxygen atoms in total. The van der Waals surface area contributed by atoms with Gasteiger partial charge in [0.2, 0.25) is 5.76 Å². The van der Waals surface area contributed by atoms with Gasteiger partial charge in [0.15, 0.2) is 16.9 Å². The van der Waals surface area contributed by atoms with Gasteiger partial charge >= 0.3 is 0 Å². The molecule has 1 aliphatic rings. The highest BCUT2D eigenvalue weighted by Gasteiger charge is 2.44. The molecule has 3 heterocycles. The molecule has 0 radical (unpaired) electrons. The minimum Gasteiger partial charge on any atom is -0.490 e. The molecule has 2 aromatic heterocycles. The standard InChI is InChI=1S/C29H28N2O5/c1-5-13-35-22-10-8-19(16-23(22)34-6-2)26-25-27(32)20-14-17(3)7-9-21(20)36-28(25)29(33)31(26)24-15-18(4)11-12-30-24/h7-12,14-16,26H,5-6,13H2,1-4H3. The molecular weight excluding hydrogens is 456 g/mol. The number of amides is 1. The van der Waals surface area contributed by atoms with E-state index in [4.69, 9.17) is 13.9 Å². The molecule has 5 rings (SSSR count). The van der Waals surface area contributed by atoms with Crippen molar-refractivity contribution in [2.24, 2.45) is 0 Å². The maximum atomic E-state index is 13.8. The predicted molar refractivity (Wildman–Crippen MR) is 138 cm³/mol. The molecule has 0 N–H and O–H groups in total. The van der Waals surface area contributed by atoms with E-state index in [-0.39, 0.29) is 11.2 Å². The summed E-state index contributed by atoms with van der Waals surface area (Å²) in [5.74, 6) is 1.25. The zero-order valence-electron chi connectivity index (χ0n) is 20.8. The maximum Gasteiger partial charge on any atom is 0.296 e. The van der Waals surface area contributed by atoms with E-state index in [1.54, 1.807) is 18.3 Å². The second-order valence-electron chi connectivity index (χ2n) is 8.93. The molecule has 0 fully saturated rings. The number of carbonyl (C=O) groups excluding carboxylic acids is 1. The van der Waals surface area contributed by atoms with Crippen molar-refractivity contribution in [3.05, 3.63) is 93.0 Å². The number of carbonyl (C=O) groups is 1. The second-order valence-corrected chi connectivity index (χ2v) is 8.93. The van der Waals surface area contributed by atoms with Crippen molar-refractivity contribution >= 4 is 22.7 Å². The molecule has 0 aliphatic carbocycles. The molecule has 0 saturated carbocycles. The van der Waals surface area contributed by atoms with Gasteiger partial charge in [-0.3, -0.25) is 14.5 Å². The third kappa shape index (κ3) is 4.00. The number of nitrogens with zero attached hydrogens (tertiary/aromatic N) is 2. The van der Waals surface area contributed by atoms with Crippen molar-refractivity contribution < 1.29 is 18.7 Å². The van der Waals surface area contributed by atoms with Crippen molar-refractivity contribution in [1.82, 2.24) is 4.98 Å². The highest BCUT2D eigenvalue weighted by atomic mass is 16.5. The summed E-state index contributed by atoms with van der Waals surface area (Å²) in [6.45, 7) is 8.78. The number of aryl methyl sites for hydroxylation is 2. The van der Waals surface area contributed by atoms with Crippen LogP contribution in [0.3, 0.4) is 0 Å². The summed E-state index contributed by atoms with van der Waals surface area (Å²) in [7, 11) is 0. The fraction of sp³-hybridized carbons (Fsp3) is 0.276. The van der Waals surface area contributed by atoms with Crippen LogP contribution in [0.5, 0.6) is 11.5 Å². The van der Waals surface area contributed by atoms with Crippen molar-refractivity contribution in [2.45, 2.75) is 40.2 Å². The highest BCUT2D eigenvalue weighted by molar-refractivity contribution is 6.10. The highest BCUT2D eigenvalue weighted by Crippen LogP contribution is 2.43. The van der Waals surface area contributed by atoms with Crippen LogP contribution < -0.4 is 19.8 Å². The molecule has 1 atom stereocenters. The lowest BCUT2D eigenvalue weighted by atomic mass is 9.97. The molecule has 2 aromatic carbocycles. The van der Waals surface area contributed by atoms with Gasteiger partial charge in [-0.05, 0) is 74.7 Å². The van der Waals surface area contributed by atoms with E-state index in [1.165, 1.54) is 4.90 Å². The molecule has 0 spiro atoms. The number of hydrogen-bond acceptors (Lipinski definition) is 6. The van der Waals surface area contributed by atoms with Gasteiger partial charge in [-0.25, -0.2) is 4.98 Å². The largest absolute Gasteiger partial charge is 0.490 e. The van der Waals surface area contributed by atoms with E-state index in [1.807, 2.05) is 64.1 Å². The molecular formula is C29H28N2O5. The van der Waals surface area contributed by atoms with Crippen LogP contribution in [0.4, 0.5) is 5.82 Å². The fourth-order valence-electron chi connectivity index (χ4n) is 4.58. The lowest BCUT2D eigenvalue weighted by Gasteiger charge is -2.25. The van der Waals surface area contributed by atoms with Crippen LogP contribution in [0.15, 0.2) is 63.9 Å². The van der Waals surface area contributed by atoms with Crippen molar-refractivity contribution in [1.29, 1.82) is 0 Å². The third-order valence-corrected chi connectivity index (χ3v) is 6.22. The molecule has 0 saturated heterocycles. The van der Waals surface area contributed by atoms with E-state index in [2.05, 4.69) is 4.98 Å². The normalized spacial score (nSPS) is 14.8. The van der Waals surface area contributed by atoms with Gasteiger partial charge in [-0.15, -0.1) is 0 Å². The number of rotatable bonds is 7. The number of ether oxygens (including phenoxy) is 2. The average molecular weight is 485 g/mol. The molecule has 4 aromatic rings. The number of anilines is 1. The fourth-order valence-corrected chi connectivity index (χ4v) is 4.58. The zero-order valence-corrected chi connectivity index (χ0v) is 20.8. The van der Waals surface area contributed by atoms with E-state index in [0.717, 1.165) is 17.5 Å². The Morgan fingerprint density at radius 2 is 1.75 bits per heavy atom.